The summed E-state index contributed by atoms with van der Waals surface area (Å²) in [6.45, 7) is 6.84. The first-order valence-electron chi connectivity index (χ1n) is 8.42. The second kappa shape index (κ2) is 8.43. The minimum Gasteiger partial charge on any atom is -0.390 e. The van der Waals surface area contributed by atoms with Gasteiger partial charge < -0.3 is 15.1 Å². The van der Waals surface area contributed by atoms with E-state index >= 15 is 0 Å². The highest BCUT2D eigenvalue weighted by atomic mass is 16.3. The number of carbonyl (C=O) groups is 1. The number of likely N-dealkylation sites (N-methyl/N-ethyl adjacent to an activating group) is 1. The Balaban J connectivity index is 1.84. The van der Waals surface area contributed by atoms with E-state index in [4.69, 9.17) is 0 Å². The van der Waals surface area contributed by atoms with Crippen LogP contribution >= 0.6 is 0 Å². The summed E-state index contributed by atoms with van der Waals surface area (Å²) < 4.78 is 0. The highest BCUT2D eigenvalue weighted by Gasteiger charge is 2.24. The fourth-order valence-electron chi connectivity index (χ4n) is 2.98. The van der Waals surface area contributed by atoms with Crippen molar-refractivity contribution in [2.45, 2.75) is 38.9 Å². The van der Waals surface area contributed by atoms with Gasteiger partial charge >= 0.3 is 0 Å². The summed E-state index contributed by atoms with van der Waals surface area (Å²) in [5.74, 6) is 0.131. The van der Waals surface area contributed by atoms with Crippen LogP contribution < -0.4 is 0 Å². The highest BCUT2D eigenvalue weighted by Crippen LogP contribution is 2.16. The molecule has 0 radical (unpaired) electrons. The van der Waals surface area contributed by atoms with Crippen LogP contribution in [0.4, 0.5) is 0 Å². The molecule has 0 aliphatic carbocycles. The first kappa shape index (κ1) is 17.9. The van der Waals surface area contributed by atoms with Crippen molar-refractivity contribution in [3.63, 3.8) is 0 Å². The Kier molecular flexibility index (Phi) is 6.57. The fraction of sp³-hybridized carbons (Fsp3) is 0.611. The van der Waals surface area contributed by atoms with Gasteiger partial charge in [0, 0.05) is 32.6 Å². The zero-order chi connectivity index (χ0) is 16.8. The first-order chi connectivity index (χ1) is 11.0. The number of benzene rings is 1. The van der Waals surface area contributed by atoms with Gasteiger partial charge in [-0.25, -0.2) is 0 Å². The largest absolute Gasteiger partial charge is 0.390 e. The quantitative estimate of drug-likeness (QED) is 0.758. The average molecular weight is 320 g/mol. The third kappa shape index (κ3) is 5.30. The number of rotatable bonds is 8. The van der Waals surface area contributed by atoms with Gasteiger partial charge in [0.2, 0.25) is 5.91 Å². The van der Waals surface area contributed by atoms with Crippen LogP contribution in [0.3, 0.4) is 0 Å². The Morgan fingerprint density at radius 2 is 1.91 bits per heavy atom. The number of nitrogens with zero attached hydrogens (tertiary/aromatic N) is 2. The summed E-state index contributed by atoms with van der Waals surface area (Å²) in [5, 5.41) is 20.6. The zero-order valence-electron chi connectivity index (χ0n) is 14.1. The van der Waals surface area contributed by atoms with Crippen LogP contribution in [-0.2, 0) is 4.79 Å². The van der Waals surface area contributed by atoms with Gasteiger partial charge in [-0.2, -0.15) is 0 Å². The molecule has 1 saturated heterocycles. The van der Waals surface area contributed by atoms with Gasteiger partial charge in [-0.05, 0) is 25.5 Å². The smallest absolute Gasteiger partial charge is 0.222 e. The van der Waals surface area contributed by atoms with E-state index in [-0.39, 0.29) is 5.91 Å². The maximum absolute atomic E-state index is 11.6. The maximum atomic E-state index is 11.6. The summed E-state index contributed by atoms with van der Waals surface area (Å²) in [7, 11) is 0. The van der Waals surface area contributed by atoms with Crippen molar-refractivity contribution < 1.29 is 15.0 Å². The SMILES string of the molecule is CCN(CC(O)CN1CCCC1=O)CC(O)c1ccc(C)cc1. The molecule has 23 heavy (non-hydrogen) atoms. The summed E-state index contributed by atoms with van der Waals surface area (Å²) in [5.41, 5.74) is 2.05. The van der Waals surface area contributed by atoms with E-state index in [1.807, 2.05) is 43.0 Å². The van der Waals surface area contributed by atoms with Gasteiger partial charge in [-0.15, -0.1) is 0 Å². The molecule has 2 N–H and O–H groups in total. The van der Waals surface area contributed by atoms with Crippen molar-refractivity contribution in [2.24, 2.45) is 0 Å². The molecule has 5 heteroatoms. The van der Waals surface area contributed by atoms with Crippen LogP contribution in [0.5, 0.6) is 0 Å². The van der Waals surface area contributed by atoms with Gasteiger partial charge in [0.1, 0.15) is 0 Å². The van der Waals surface area contributed by atoms with E-state index in [9.17, 15) is 15.0 Å². The van der Waals surface area contributed by atoms with Crippen molar-refractivity contribution in [3.05, 3.63) is 35.4 Å². The summed E-state index contributed by atoms with van der Waals surface area (Å²) in [6.07, 6.45) is 0.323. The number of aryl methyl sites for hydroxylation is 1. The Hall–Kier alpha value is -1.43. The highest BCUT2D eigenvalue weighted by molar-refractivity contribution is 5.78. The number of likely N-dealkylation sites (tertiary alicyclic amines) is 1. The molecule has 1 aliphatic heterocycles. The molecular weight excluding hydrogens is 292 g/mol. The van der Waals surface area contributed by atoms with Gasteiger partial charge in [-0.1, -0.05) is 36.8 Å². The van der Waals surface area contributed by atoms with Gasteiger partial charge in [0.15, 0.2) is 0 Å². The number of aliphatic hydroxyl groups is 2. The summed E-state index contributed by atoms with van der Waals surface area (Å²) in [6, 6.07) is 7.85. The van der Waals surface area contributed by atoms with Crippen LogP contribution in [0, 0.1) is 6.92 Å². The zero-order valence-corrected chi connectivity index (χ0v) is 14.1. The van der Waals surface area contributed by atoms with Crippen LogP contribution in [0.2, 0.25) is 0 Å². The molecule has 5 nitrogen and oxygen atoms in total. The molecule has 2 unspecified atom stereocenters. The van der Waals surface area contributed by atoms with Crippen molar-refractivity contribution in [3.8, 4) is 0 Å². The molecule has 1 aromatic rings. The molecule has 0 spiro atoms. The molecule has 0 aromatic heterocycles. The molecule has 0 saturated carbocycles. The topological polar surface area (TPSA) is 64.0 Å². The summed E-state index contributed by atoms with van der Waals surface area (Å²) in [4.78, 5) is 15.4. The molecular formula is C18H28N2O3. The standard InChI is InChI=1S/C18H28N2O3/c1-3-19(11-16(21)12-20-10-4-5-18(20)23)13-17(22)15-8-6-14(2)7-9-15/h6-9,16-17,21-22H,3-5,10-13H2,1-2H3. The molecule has 1 aliphatic rings. The van der Waals surface area contributed by atoms with Gasteiger partial charge in [-0.3, -0.25) is 9.69 Å². The third-order valence-corrected chi connectivity index (χ3v) is 4.41. The predicted octanol–water partition coefficient (Wildman–Crippen LogP) is 1.33. The van der Waals surface area contributed by atoms with Crippen molar-refractivity contribution in [1.82, 2.24) is 9.80 Å². The lowest BCUT2D eigenvalue weighted by atomic mass is 10.1. The number of aliphatic hydroxyl groups excluding tert-OH is 2. The van der Waals surface area contributed by atoms with Crippen LogP contribution in [-0.4, -0.2) is 64.7 Å². The van der Waals surface area contributed by atoms with E-state index < -0.39 is 12.2 Å². The number of amides is 1. The summed E-state index contributed by atoms with van der Waals surface area (Å²) >= 11 is 0. The second-order valence-corrected chi connectivity index (χ2v) is 6.38. The Morgan fingerprint density at radius 1 is 1.22 bits per heavy atom. The third-order valence-electron chi connectivity index (χ3n) is 4.41. The van der Waals surface area contributed by atoms with Crippen molar-refractivity contribution >= 4 is 5.91 Å². The van der Waals surface area contributed by atoms with Crippen LogP contribution in [0.1, 0.15) is 37.0 Å². The molecule has 1 aromatic carbocycles. The molecule has 128 valence electrons. The Bertz CT molecular complexity index is 503. The van der Waals surface area contributed by atoms with E-state index in [1.54, 1.807) is 4.90 Å². The Morgan fingerprint density at radius 3 is 2.48 bits per heavy atom. The molecule has 2 atom stereocenters. The number of hydrogen-bond donors (Lipinski definition) is 2. The maximum Gasteiger partial charge on any atom is 0.222 e. The number of β-amino-alcohol motifs (C(OH)–C–C–N with tert-alkyl or cyclic N) is 1. The fourth-order valence-corrected chi connectivity index (χ4v) is 2.98. The molecule has 1 heterocycles. The average Bonchev–Trinajstić information content (AvgIpc) is 2.92. The van der Waals surface area contributed by atoms with E-state index in [0.717, 1.165) is 25.1 Å². The molecule has 2 rings (SSSR count). The first-order valence-corrected chi connectivity index (χ1v) is 8.42. The van der Waals surface area contributed by atoms with Gasteiger partial charge in [0.25, 0.3) is 0 Å². The van der Waals surface area contributed by atoms with E-state index in [1.165, 1.54) is 5.56 Å². The lowest BCUT2D eigenvalue weighted by molar-refractivity contribution is -0.129. The molecule has 1 fully saturated rings. The Labute approximate surface area is 138 Å². The lowest BCUT2D eigenvalue weighted by Gasteiger charge is -2.28. The minimum absolute atomic E-state index is 0.131. The van der Waals surface area contributed by atoms with Gasteiger partial charge in [0.05, 0.1) is 12.2 Å². The number of hydrogen-bond acceptors (Lipinski definition) is 4. The minimum atomic E-state index is -0.581. The van der Waals surface area contributed by atoms with E-state index in [0.29, 0.717) is 26.1 Å². The molecule has 0 bridgehead atoms. The van der Waals surface area contributed by atoms with Crippen LogP contribution in [0.15, 0.2) is 24.3 Å². The number of carbonyl (C=O) groups excluding carboxylic acids is 1. The lowest BCUT2D eigenvalue weighted by Crippen LogP contribution is -2.42. The predicted molar refractivity (Wildman–Crippen MR) is 90.1 cm³/mol. The van der Waals surface area contributed by atoms with E-state index in [2.05, 4.69) is 0 Å². The second-order valence-electron chi connectivity index (χ2n) is 6.38. The normalized spacial score (nSPS) is 17.8. The van der Waals surface area contributed by atoms with Crippen molar-refractivity contribution in [2.75, 3.05) is 32.7 Å². The monoisotopic (exact) mass is 320 g/mol. The van der Waals surface area contributed by atoms with Crippen molar-refractivity contribution in [1.29, 1.82) is 0 Å². The molecule has 1 amide bonds. The van der Waals surface area contributed by atoms with Crippen LogP contribution in [0.25, 0.3) is 0 Å².